The smallest absolute Gasteiger partial charge is 0.123 e. The molecule has 0 aliphatic rings. The van der Waals surface area contributed by atoms with Crippen LogP contribution in [0.4, 0.5) is 4.39 Å². The minimum Gasteiger partial charge on any atom is -0.508 e. The summed E-state index contributed by atoms with van der Waals surface area (Å²) in [6, 6.07) is 15.2. The first kappa shape index (κ1) is 12.2. The van der Waals surface area contributed by atoms with Crippen molar-refractivity contribution in [3.63, 3.8) is 0 Å². The van der Waals surface area contributed by atoms with Gasteiger partial charge in [0.1, 0.15) is 11.6 Å². The van der Waals surface area contributed by atoms with Gasteiger partial charge in [-0.1, -0.05) is 37.3 Å². The number of phenols is 1. The van der Waals surface area contributed by atoms with Crippen molar-refractivity contribution < 1.29 is 9.50 Å². The molecule has 2 aromatic carbocycles. The van der Waals surface area contributed by atoms with Gasteiger partial charge in [-0.25, -0.2) is 4.39 Å². The van der Waals surface area contributed by atoms with Crippen LogP contribution in [-0.2, 0) is 6.42 Å². The van der Waals surface area contributed by atoms with Crippen LogP contribution in [-0.4, -0.2) is 5.11 Å². The Morgan fingerprint density at radius 3 is 1.88 bits per heavy atom. The lowest BCUT2D eigenvalue weighted by molar-refractivity contribution is 0.475. The van der Waals surface area contributed by atoms with E-state index in [0.29, 0.717) is 5.75 Å². The number of phenolic OH excluding ortho intramolecular Hbond substituents is 1. The summed E-state index contributed by atoms with van der Waals surface area (Å²) < 4.78 is 11.9. The molecule has 0 aromatic heterocycles. The molecule has 84 valence electrons. The third kappa shape index (κ3) is 4.60. The Hall–Kier alpha value is -1.83. The topological polar surface area (TPSA) is 20.2 Å². The third-order valence-electron chi connectivity index (χ3n) is 2.08. The lowest BCUT2D eigenvalue weighted by Gasteiger charge is -1.93. The molecule has 1 nitrogen and oxygen atoms in total. The molecular formula is C14H15FO. The van der Waals surface area contributed by atoms with Crippen molar-refractivity contribution in [1.29, 1.82) is 0 Å². The van der Waals surface area contributed by atoms with Gasteiger partial charge in [-0.15, -0.1) is 0 Å². The molecule has 2 aromatic rings. The van der Waals surface area contributed by atoms with E-state index in [1.807, 2.05) is 12.1 Å². The van der Waals surface area contributed by atoms with Crippen LogP contribution in [0, 0.1) is 5.82 Å². The Balaban J connectivity index is 0.000000165. The fraction of sp³-hybridized carbons (Fsp3) is 0.143. The van der Waals surface area contributed by atoms with Gasteiger partial charge >= 0.3 is 0 Å². The van der Waals surface area contributed by atoms with Crippen molar-refractivity contribution in [2.45, 2.75) is 13.3 Å². The zero-order chi connectivity index (χ0) is 11.8. The molecule has 2 heteroatoms. The summed E-state index contributed by atoms with van der Waals surface area (Å²) in [5, 5.41) is 8.85. The van der Waals surface area contributed by atoms with Crippen molar-refractivity contribution >= 4 is 0 Å². The second-order valence-corrected chi connectivity index (χ2v) is 3.32. The number of rotatable bonds is 1. The normalized spacial score (nSPS) is 9.12. The summed E-state index contributed by atoms with van der Waals surface area (Å²) in [5.41, 5.74) is 1.26. The van der Waals surface area contributed by atoms with Crippen molar-refractivity contribution in [2.75, 3.05) is 0 Å². The van der Waals surface area contributed by atoms with Gasteiger partial charge in [-0.3, -0.25) is 0 Å². The molecule has 0 spiro atoms. The van der Waals surface area contributed by atoms with Gasteiger partial charge < -0.3 is 5.11 Å². The van der Waals surface area contributed by atoms with Gasteiger partial charge in [0.05, 0.1) is 0 Å². The zero-order valence-electron chi connectivity index (χ0n) is 9.23. The number of aryl methyl sites for hydroxylation is 1. The van der Waals surface area contributed by atoms with Crippen molar-refractivity contribution in [2.24, 2.45) is 0 Å². The predicted octanol–water partition coefficient (Wildman–Crippen LogP) is 3.78. The van der Waals surface area contributed by atoms with E-state index in [1.165, 1.54) is 17.7 Å². The first-order valence-electron chi connectivity index (χ1n) is 5.21. The maximum atomic E-state index is 11.9. The summed E-state index contributed by atoms with van der Waals surface area (Å²) in [6.07, 6.45) is 1.03. The maximum absolute atomic E-state index is 11.9. The second kappa shape index (κ2) is 6.62. The summed E-state index contributed by atoms with van der Waals surface area (Å²) in [6.45, 7) is 2.09. The molecule has 0 aliphatic heterocycles. The second-order valence-electron chi connectivity index (χ2n) is 3.32. The van der Waals surface area contributed by atoms with Crippen LogP contribution < -0.4 is 0 Å². The average molecular weight is 218 g/mol. The van der Waals surface area contributed by atoms with E-state index in [2.05, 4.69) is 6.92 Å². The Kier molecular flexibility index (Phi) is 5.06. The maximum Gasteiger partial charge on any atom is 0.123 e. The molecule has 0 aliphatic carbocycles. The van der Waals surface area contributed by atoms with E-state index in [1.54, 1.807) is 30.3 Å². The van der Waals surface area contributed by atoms with Crippen LogP contribution >= 0.6 is 0 Å². The first-order chi connectivity index (χ1) is 7.72. The quantitative estimate of drug-likeness (QED) is 0.772. The van der Waals surface area contributed by atoms with Crippen LogP contribution in [0.3, 0.4) is 0 Å². The molecule has 1 N–H and O–H groups in total. The van der Waals surface area contributed by atoms with Gasteiger partial charge in [0.15, 0.2) is 0 Å². The van der Waals surface area contributed by atoms with Crippen LogP contribution in [0.25, 0.3) is 0 Å². The highest BCUT2D eigenvalue weighted by molar-refractivity contribution is 5.25. The van der Waals surface area contributed by atoms with E-state index >= 15 is 0 Å². The number of hydrogen-bond acceptors (Lipinski definition) is 1. The Labute approximate surface area is 95.2 Å². The average Bonchev–Trinajstić information content (AvgIpc) is 2.32. The zero-order valence-corrected chi connectivity index (χ0v) is 9.23. The van der Waals surface area contributed by atoms with Gasteiger partial charge in [0.2, 0.25) is 0 Å². The number of benzene rings is 2. The Morgan fingerprint density at radius 1 is 0.938 bits per heavy atom. The number of hydrogen-bond donors (Lipinski definition) is 1. The van der Waals surface area contributed by atoms with Gasteiger partial charge in [0.25, 0.3) is 0 Å². The Bertz CT molecular complexity index is 395. The predicted molar refractivity (Wildman–Crippen MR) is 63.9 cm³/mol. The van der Waals surface area contributed by atoms with Crippen LogP contribution in [0.5, 0.6) is 5.75 Å². The van der Waals surface area contributed by atoms with Crippen LogP contribution in [0.15, 0.2) is 54.6 Å². The SMILES string of the molecule is CCc1ccc(O)cc1.Fc1ccccc1. The number of halogens is 1. The molecule has 0 bridgehead atoms. The van der Waals surface area contributed by atoms with Crippen LogP contribution in [0.1, 0.15) is 12.5 Å². The molecule has 0 radical (unpaired) electrons. The van der Waals surface area contributed by atoms with E-state index in [9.17, 15) is 4.39 Å². The molecule has 0 heterocycles. The largest absolute Gasteiger partial charge is 0.508 e. The van der Waals surface area contributed by atoms with Gasteiger partial charge in [-0.2, -0.15) is 0 Å². The summed E-state index contributed by atoms with van der Waals surface area (Å²) >= 11 is 0. The van der Waals surface area contributed by atoms with Gasteiger partial charge in [0, 0.05) is 0 Å². The van der Waals surface area contributed by atoms with E-state index in [4.69, 9.17) is 5.11 Å². The highest BCUT2D eigenvalue weighted by atomic mass is 19.1. The van der Waals surface area contributed by atoms with E-state index in [0.717, 1.165) is 6.42 Å². The van der Waals surface area contributed by atoms with Crippen molar-refractivity contribution in [3.8, 4) is 5.75 Å². The summed E-state index contributed by atoms with van der Waals surface area (Å²) in [7, 11) is 0. The molecule has 0 saturated carbocycles. The molecule has 0 atom stereocenters. The summed E-state index contributed by atoms with van der Waals surface area (Å²) in [5.74, 6) is 0.162. The molecule has 16 heavy (non-hydrogen) atoms. The lowest BCUT2D eigenvalue weighted by Crippen LogP contribution is -1.75. The molecule has 0 saturated heterocycles. The molecule has 0 unspecified atom stereocenters. The fourth-order valence-corrected chi connectivity index (χ4v) is 1.15. The van der Waals surface area contributed by atoms with Crippen molar-refractivity contribution in [3.05, 3.63) is 66.0 Å². The van der Waals surface area contributed by atoms with Crippen LogP contribution in [0.2, 0.25) is 0 Å². The fourth-order valence-electron chi connectivity index (χ4n) is 1.15. The molecule has 0 amide bonds. The standard InChI is InChI=1S/C8H10O.C6H5F/c1-2-7-3-5-8(9)6-4-7;7-6-4-2-1-3-5-6/h3-6,9H,2H2,1H3;1-5H. The van der Waals surface area contributed by atoms with Gasteiger partial charge in [-0.05, 0) is 36.2 Å². The lowest BCUT2D eigenvalue weighted by atomic mass is 10.2. The highest BCUT2D eigenvalue weighted by Gasteiger charge is 1.86. The minimum atomic E-state index is -0.178. The van der Waals surface area contributed by atoms with E-state index < -0.39 is 0 Å². The molecule has 0 fully saturated rings. The van der Waals surface area contributed by atoms with E-state index in [-0.39, 0.29) is 5.82 Å². The molecule has 2 rings (SSSR count). The Morgan fingerprint density at radius 2 is 1.50 bits per heavy atom. The molecular weight excluding hydrogens is 203 g/mol. The number of aromatic hydroxyl groups is 1. The third-order valence-corrected chi connectivity index (χ3v) is 2.08. The first-order valence-corrected chi connectivity index (χ1v) is 5.21. The monoisotopic (exact) mass is 218 g/mol. The summed E-state index contributed by atoms with van der Waals surface area (Å²) in [4.78, 5) is 0. The minimum absolute atomic E-state index is 0.178. The van der Waals surface area contributed by atoms with Crippen molar-refractivity contribution in [1.82, 2.24) is 0 Å². The highest BCUT2D eigenvalue weighted by Crippen LogP contribution is 2.09.